The summed E-state index contributed by atoms with van der Waals surface area (Å²) in [7, 11) is 0. The second kappa shape index (κ2) is 8.89. The van der Waals surface area contributed by atoms with E-state index in [0.717, 1.165) is 19.6 Å². The number of benzene rings is 1. The van der Waals surface area contributed by atoms with Crippen LogP contribution in [0.15, 0.2) is 18.2 Å². The SMILES string of the molecule is CC(=O)NC[C@H]1CN(c2ccc(N3CCN(CCC#N)CC3)c(F)c2)C(=O)O1. The molecule has 2 amide bonds. The Bertz CT molecular complexity index is 773. The number of amides is 2. The second-order valence-electron chi connectivity index (χ2n) is 6.93. The van der Waals surface area contributed by atoms with Crippen molar-refractivity contribution in [3.8, 4) is 6.07 Å². The Kier molecular flexibility index (Phi) is 6.31. The number of nitrogens with zero attached hydrogens (tertiary/aromatic N) is 4. The molecule has 0 bridgehead atoms. The monoisotopic (exact) mass is 389 g/mol. The van der Waals surface area contributed by atoms with Crippen LogP contribution < -0.4 is 15.1 Å². The zero-order valence-corrected chi connectivity index (χ0v) is 15.9. The number of carbonyl (C=O) groups excluding carboxylic acids is 2. The van der Waals surface area contributed by atoms with Crippen molar-refractivity contribution < 1.29 is 18.7 Å². The van der Waals surface area contributed by atoms with Crippen LogP contribution in [0.5, 0.6) is 0 Å². The summed E-state index contributed by atoms with van der Waals surface area (Å²) in [6, 6.07) is 6.88. The van der Waals surface area contributed by atoms with Crippen LogP contribution in [0.1, 0.15) is 13.3 Å². The molecule has 0 spiro atoms. The molecule has 0 unspecified atom stereocenters. The van der Waals surface area contributed by atoms with Crippen LogP contribution in [0.2, 0.25) is 0 Å². The molecule has 150 valence electrons. The lowest BCUT2D eigenvalue weighted by Crippen LogP contribution is -2.46. The molecule has 1 atom stereocenters. The summed E-state index contributed by atoms with van der Waals surface area (Å²) in [6.07, 6.45) is -0.507. The van der Waals surface area contributed by atoms with Gasteiger partial charge in [-0.2, -0.15) is 5.26 Å². The van der Waals surface area contributed by atoms with Gasteiger partial charge in [0.2, 0.25) is 5.91 Å². The molecule has 28 heavy (non-hydrogen) atoms. The number of carbonyl (C=O) groups is 2. The van der Waals surface area contributed by atoms with Gasteiger partial charge >= 0.3 is 6.09 Å². The van der Waals surface area contributed by atoms with Crippen molar-refractivity contribution in [1.82, 2.24) is 10.2 Å². The summed E-state index contributed by atoms with van der Waals surface area (Å²) < 4.78 is 20.0. The summed E-state index contributed by atoms with van der Waals surface area (Å²) in [5.41, 5.74) is 0.940. The number of piperazine rings is 1. The van der Waals surface area contributed by atoms with Gasteiger partial charge in [-0.1, -0.05) is 0 Å². The Balaban J connectivity index is 1.61. The molecular weight excluding hydrogens is 365 g/mol. The third-order valence-electron chi connectivity index (χ3n) is 4.95. The number of rotatable bonds is 6. The van der Waals surface area contributed by atoms with E-state index >= 15 is 0 Å². The highest BCUT2D eigenvalue weighted by Crippen LogP contribution is 2.28. The van der Waals surface area contributed by atoms with Gasteiger partial charge in [-0.05, 0) is 18.2 Å². The highest BCUT2D eigenvalue weighted by atomic mass is 19.1. The maximum absolute atomic E-state index is 14.7. The molecule has 0 saturated carbocycles. The summed E-state index contributed by atoms with van der Waals surface area (Å²) in [5.74, 6) is -0.585. The van der Waals surface area contributed by atoms with E-state index in [2.05, 4.69) is 16.3 Å². The van der Waals surface area contributed by atoms with Gasteiger partial charge in [-0.25, -0.2) is 9.18 Å². The van der Waals surface area contributed by atoms with Crippen LogP contribution in [0, 0.1) is 17.1 Å². The molecule has 0 aromatic heterocycles. The molecule has 1 N–H and O–H groups in total. The van der Waals surface area contributed by atoms with Gasteiger partial charge in [-0.3, -0.25) is 14.6 Å². The summed E-state index contributed by atoms with van der Waals surface area (Å²) in [5, 5.41) is 11.3. The Morgan fingerprint density at radius 3 is 2.75 bits per heavy atom. The van der Waals surface area contributed by atoms with E-state index in [1.807, 2.05) is 4.90 Å². The van der Waals surface area contributed by atoms with Gasteiger partial charge in [0.1, 0.15) is 11.9 Å². The first-order valence-corrected chi connectivity index (χ1v) is 9.34. The smallest absolute Gasteiger partial charge is 0.414 e. The molecule has 1 aromatic carbocycles. The van der Waals surface area contributed by atoms with Gasteiger partial charge in [-0.15, -0.1) is 0 Å². The fourth-order valence-electron chi connectivity index (χ4n) is 3.44. The zero-order valence-electron chi connectivity index (χ0n) is 15.9. The van der Waals surface area contributed by atoms with Crippen molar-refractivity contribution >= 4 is 23.4 Å². The Morgan fingerprint density at radius 1 is 1.36 bits per heavy atom. The van der Waals surface area contributed by atoms with E-state index in [0.29, 0.717) is 30.9 Å². The molecule has 0 aliphatic carbocycles. The molecule has 2 heterocycles. The van der Waals surface area contributed by atoms with Gasteiger partial charge in [0.25, 0.3) is 0 Å². The Morgan fingerprint density at radius 2 is 2.11 bits per heavy atom. The lowest BCUT2D eigenvalue weighted by Gasteiger charge is -2.36. The molecule has 9 heteroatoms. The van der Waals surface area contributed by atoms with Crippen LogP contribution >= 0.6 is 0 Å². The maximum Gasteiger partial charge on any atom is 0.414 e. The minimum Gasteiger partial charge on any atom is -0.442 e. The fraction of sp³-hybridized carbons (Fsp3) is 0.526. The van der Waals surface area contributed by atoms with Crippen molar-refractivity contribution in [3.63, 3.8) is 0 Å². The van der Waals surface area contributed by atoms with Crippen LogP contribution in [0.25, 0.3) is 0 Å². The molecule has 8 nitrogen and oxygen atoms in total. The fourth-order valence-corrected chi connectivity index (χ4v) is 3.44. The van der Waals surface area contributed by atoms with Crippen LogP contribution in [-0.4, -0.2) is 68.8 Å². The first-order valence-electron chi connectivity index (χ1n) is 9.34. The summed E-state index contributed by atoms with van der Waals surface area (Å²) in [6.45, 7) is 5.56. The number of hydrogen-bond acceptors (Lipinski definition) is 6. The van der Waals surface area contributed by atoms with E-state index in [1.54, 1.807) is 12.1 Å². The Hall–Kier alpha value is -2.86. The average Bonchev–Trinajstić information content (AvgIpc) is 3.06. The zero-order chi connectivity index (χ0) is 20.1. The number of anilines is 2. The van der Waals surface area contributed by atoms with Gasteiger partial charge < -0.3 is 15.0 Å². The first-order chi connectivity index (χ1) is 13.5. The number of nitrogens with one attached hydrogen (secondary N) is 1. The highest BCUT2D eigenvalue weighted by molar-refractivity contribution is 5.90. The lowest BCUT2D eigenvalue weighted by molar-refractivity contribution is -0.119. The van der Waals surface area contributed by atoms with Crippen LogP contribution in [0.4, 0.5) is 20.6 Å². The highest BCUT2D eigenvalue weighted by Gasteiger charge is 2.33. The number of nitriles is 1. The molecule has 2 aliphatic rings. The largest absolute Gasteiger partial charge is 0.442 e. The van der Waals surface area contributed by atoms with Gasteiger partial charge in [0.05, 0.1) is 30.5 Å². The van der Waals surface area contributed by atoms with E-state index in [-0.39, 0.29) is 24.8 Å². The number of ether oxygens (including phenoxy) is 1. The number of cyclic esters (lactones) is 1. The number of halogens is 1. The van der Waals surface area contributed by atoms with E-state index in [1.165, 1.54) is 17.9 Å². The topological polar surface area (TPSA) is 88.9 Å². The predicted molar refractivity (Wildman–Crippen MR) is 102 cm³/mol. The maximum atomic E-state index is 14.7. The summed E-state index contributed by atoms with van der Waals surface area (Å²) >= 11 is 0. The molecule has 1 aromatic rings. The van der Waals surface area contributed by atoms with Crippen molar-refractivity contribution in [2.24, 2.45) is 0 Å². The van der Waals surface area contributed by atoms with E-state index in [4.69, 9.17) is 10.00 Å². The molecule has 3 rings (SSSR count). The van der Waals surface area contributed by atoms with E-state index in [9.17, 15) is 14.0 Å². The molecule has 2 fully saturated rings. The van der Waals surface area contributed by atoms with Crippen molar-refractivity contribution in [1.29, 1.82) is 5.26 Å². The minimum absolute atomic E-state index is 0.197. The predicted octanol–water partition coefficient (Wildman–Crippen LogP) is 1.32. The quantitative estimate of drug-likeness (QED) is 0.790. The average molecular weight is 389 g/mol. The molecular formula is C19H24FN5O3. The molecule has 2 saturated heterocycles. The lowest BCUT2D eigenvalue weighted by atomic mass is 10.2. The second-order valence-corrected chi connectivity index (χ2v) is 6.93. The van der Waals surface area contributed by atoms with Crippen molar-refractivity contribution in [3.05, 3.63) is 24.0 Å². The molecule has 0 radical (unpaired) electrons. The normalized spacial score (nSPS) is 20.0. The van der Waals surface area contributed by atoms with Gasteiger partial charge in [0, 0.05) is 46.1 Å². The van der Waals surface area contributed by atoms with Gasteiger partial charge in [0.15, 0.2) is 0 Å². The Labute approximate surface area is 163 Å². The first kappa shape index (κ1) is 19.9. The van der Waals surface area contributed by atoms with Crippen LogP contribution in [0.3, 0.4) is 0 Å². The number of hydrogen-bond donors (Lipinski definition) is 1. The van der Waals surface area contributed by atoms with Crippen molar-refractivity contribution in [2.45, 2.75) is 19.4 Å². The molecule has 2 aliphatic heterocycles. The standard InChI is InChI=1S/C19H24FN5O3/c1-14(26)22-12-16-13-25(19(27)28-16)15-3-4-18(17(20)11-15)24-9-7-23(8-10-24)6-2-5-21/h3-4,11,16H,2,6-10,12-13H2,1H3,(H,22,26)/t16-/m0/s1. The summed E-state index contributed by atoms with van der Waals surface area (Å²) in [4.78, 5) is 28.6. The minimum atomic E-state index is -0.548. The third-order valence-corrected chi connectivity index (χ3v) is 4.95. The van der Waals surface area contributed by atoms with Crippen molar-refractivity contribution in [2.75, 3.05) is 55.6 Å². The van der Waals surface area contributed by atoms with E-state index < -0.39 is 12.2 Å². The van der Waals surface area contributed by atoms with Crippen LogP contribution in [-0.2, 0) is 9.53 Å². The third kappa shape index (κ3) is 4.70.